The van der Waals surface area contributed by atoms with Gasteiger partial charge in [0.05, 0.1) is 6.67 Å². The van der Waals surface area contributed by atoms with Crippen LogP contribution in [0, 0.1) is 20.8 Å². The summed E-state index contributed by atoms with van der Waals surface area (Å²) >= 11 is 0. The van der Waals surface area contributed by atoms with E-state index >= 15 is 0 Å². The molecule has 0 radical (unpaired) electrons. The first kappa shape index (κ1) is 20.7. The van der Waals surface area contributed by atoms with Crippen molar-refractivity contribution in [1.29, 1.82) is 0 Å². The van der Waals surface area contributed by atoms with Gasteiger partial charge < -0.3 is 14.7 Å². The minimum absolute atomic E-state index is 0.138. The largest absolute Gasteiger partial charge is 0.355 e. The number of aryl methyl sites for hydroxylation is 3. The molecular formula is C24H33N5O. The number of hydrogen-bond donors (Lipinski definition) is 0. The Bertz CT molecular complexity index is 935. The Morgan fingerprint density at radius 2 is 1.77 bits per heavy atom. The van der Waals surface area contributed by atoms with Crippen LogP contribution in [0.2, 0.25) is 0 Å². The third kappa shape index (κ3) is 4.01. The topological polar surface area (TPSA) is 42.9 Å². The van der Waals surface area contributed by atoms with Gasteiger partial charge in [-0.05, 0) is 69.6 Å². The van der Waals surface area contributed by atoms with Gasteiger partial charge >= 0.3 is 0 Å². The fourth-order valence-electron chi connectivity index (χ4n) is 4.74. The Morgan fingerprint density at radius 1 is 1.03 bits per heavy atom. The predicted octanol–water partition coefficient (Wildman–Crippen LogP) is 3.07. The highest BCUT2D eigenvalue weighted by Gasteiger charge is 2.27. The zero-order valence-corrected chi connectivity index (χ0v) is 18.9. The number of amides is 1. The molecule has 0 bridgehead atoms. The standard InChI is InChI=1S/C24H33N5O/c1-17-12-19(3)23(25-14-17)27-8-10-28(11-9-27)24(30)22-7-6-21(13-18(22)2)29-16-26(5)15-20(29)4/h6-7,12-14,20H,8-11,15-16H2,1-5H3. The van der Waals surface area contributed by atoms with Gasteiger partial charge in [0.25, 0.3) is 5.91 Å². The van der Waals surface area contributed by atoms with Crippen molar-refractivity contribution in [3.05, 3.63) is 52.7 Å². The highest BCUT2D eigenvalue weighted by molar-refractivity contribution is 5.96. The van der Waals surface area contributed by atoms with Crippen LogP contribution in [0.4, 0.5) is 11.5 Å². The van der Waals surface area contributed by atoms with E-state index in [9.17, 15) is 4.79 Å². The van der Waals surface area contributed by atoms with E-state index in [-0.39, 0.29) is 5.91 Å². The van der Waals surface area contributed by atoms with Crippen LogP contribution in [0.25, 0.3) is 0 Å². The van der Waals surface area contributed by atoms with Crippen LogP contribution >= 0.6 is 0 Å². The number of pyridine rings is 1. The third-order valence-electron chi connectivity index (χ3n) is 6.33. The lowest BCUT2D eigenvalue weighted by atomic mass is 10.1. The van der Waals surface area contributed by atoms with Crippen LogP contribution in [-0.2, 0) is 0 Å². The molecule has 0 aliphatic carbocycles. The van der Waals surface area contributed by atoms with Crippen LogP contribution in [-0.4, -0.2) is 73.2 Å². The van der Waals surface area contributed by atoms with E-state index in [0.717, 1.165) is 56.3 Å². The fourth-order valence-corrected chi connectivity index (χ4v) is 4.74. The Hall–Kier alpha value is -2.60. The molecule has 4 rings (SSSR count). The van der Waals surface area contributed by atoms with Crippen molar-refractivity contribution < 1.29 is 4.79 Å². The maximum atomic E-state index is 13.2. The highest BCUT2D eigenvalue weighted by Crippen LogP contribution is 2.26. The smallest absolute Gasteiger partial charge is 0.254 e. The second kappa shape index (κ2) is 8.26. The minimum atomic E-state index is 0.138. The molecule has 6 nitrogen and oxygen atoms in total. The summed E-state index contributed by atoms with van der Waals surface area (Å²) in [7, 11) is 2.15. The molecule has 1 unspecified atom stereocenters. The lowest BCUT2D eigenvalue weighted by Crippen LogP contribution is -2.49. The van der Waals surface area contributed by atoms with E-state index in [0.29, 0.717) is 6.04 Å². The SMILES string of the molecule is Cc1cnc(N2CCN(C(=O)c3ccc(N4CN(C)CC4C)cc3C)CC2)c(C)c1. The molecular weight excluding hydrogens is 374 g/mol. The lowest BCUT2D eigenvalue weighted by Gasteiger charge is -2.36. The number of anilines is 2. The van der Waals surface area contributed by atoms with E-state index in [4.69, 9.17) is 0 Å². The van der Waals surface area contributed by atoms with Gasteiger partial charge in [-0.1, -0.05) is 6.07 Å². The highest BCUT2D eigenvalue weighted by atomic mass is 16.2. The molecule has 6 heteroatoms. The minimum Gasteiger partial charge on any atom is -0.355 e. The van der Waals surface area contributed by atoms with Gasteiger partial charge in [-0.25, -0.2) is 4.98 Å². The molecule has 160 valence electrons. The fraction of sp³-hybridized carbons (Fsp3) is 0.500. The average Bonchev–Trinajstić information content (AvgIpc) is 3.05. The molecule has 1 aromatic heterocycles. The van der Waals surface area contributed by atoms with Gasteiger partial charge in [0.2, 0.25) is 0 Å². The van der Waals surface area contributed by atoms with Crippen LogP contribution in [0.5, 0.6) is 0 Å². The molecule has 30 heavy (non-hydrogen) atoms. The van der Waals surface area contributed by atoms with E-state index < -0.39 is 0 Å². The summed E-state index contributed by atoms with van der Waals surface area (Å²) in [6, 6.07) is 8.94. The molecule has 0 N–H and O–H groups in total. The first-order chi connectivity index (χ1) is 14.3. The van der Waals surface area contributed by atoms with Gasteiger partial charge in [-0.15, -0.1) is 0 Å². The van der Waals surface area contributed by atoms with Crippen molar-refractivity contribution in [2.75, 3.05) is 56.2 Å². The summed E-state index contributed by atoms with van der Waals surface area (Å²) in [5, 5.41) is 0. The van der Waals surface area contributed by atoms with E-state index in [2.05, 4.69) is 72.6 Å². The van der Waals surface area contributed by atoms with Crippen molar-refractivity contribution in [2.24, 2.45) is 0 Å². The third-order valence-corrected chi connectivity index (χ3v) is 6.33. The average molecular weight is 408 g/mol. The zero-order valence-electron chi connectivity index (χ0n) is 18.9. The Labute approximate surface area is 180 Å². The second-order valence-electron chi connectivity index (χ2n) is 8.93. The molecule has 0 saturated carbocycles. The molecule has 3 heterocycles. The molecule has 1 atom stereocenters. The van der Waals surface area contributed by atoms with Crippen molar-refractivity contribution in [3.8, 4) is 0 Å². The summed E-state index contributed by atoms with van der Waals surface area (Å²) in [6.07, 6.45) is 1.92. The number of nitrogens with zero attached hydrogens (tertiary/aromatic N) is 5. The Balaban J connectivity index is 1.43. The number of benzene rings is 1. The molecule has 2 aliphatic rings. The second-order valence-corrected chi connectivity index (χ2v) is 8.93. The van der Waals surface area contributed by atoms with Gasteiger partial charge in [0.1, 0.15) is 5.82 Å². The Kier molecular flexibility index (Phi) is 5.69. The van der Waals surface area contributed by atoms with Crippen LogP contribution in [0.1, 0.15) is 34.0 Å². The van der Waals surface area contributed by atoms with Gasteiger partial charge in [0, 0.05) is 56.2 Å². The molecule has 0 spiro atoms. The lowest BCUT2D eigenvalue weighted by molar-refractivity contribution is 0.0746. The summed E-state index contributed by atoms with van der Waals surface area (Å²) in [5.74, 6) is 1.18. The molecule has 2 fully saturated rings. The molecule has 2 aliphatic heterocycles. The zero-order chi connectivity index (χ0) is 21.4. The van der Waals surface area contributed by atoms with Crippen molar-refractivity contribution in [2.45, 2.75) is 33.7 Å². The number of carbonyl (C=O) groups excluding carboxylic acids is 1. The molecule has 1 aromatic carbocycles. The van der Waals surface area contributed by atoms with Gasteiger partial charge in [0.15, 0.2) is 0 Å². The van der Waals surface area contributed by atoms with E-state index in [1.807, 2.05) is 17.2 Å². The van der Waals surface area contributed by atoms with Crippen LogP contribution in [0.15, 0.2) is 30.5 Å². The van der Waals surface area contributed by atoms with Crippen molar-refractivity contribution in [3.63, 3.8) is 0 Å². The molecule has 1 amide bonds. The molecule has 2 aromatic rings. The van der Waals surface area contributed by atoms with Crippen LogP contribution in [0.3, 0.4) is 0 Å². The first-order valence-electron chi connectivity index (χ1n) is 10.9. The summed E-state index contributed by atoms with van der Waals surface area (Å²) < 4.78 is 0. The number of piperazine rings is 1. The monoisotopic (exact) mass is 407 g/mol. The van der Waals surface area contributed by atoms with Crippen molar-refractivity contribution in [1.82, 2.24) is 14.8 Å². The summed E-state index contributed by atoms with van der Waals surface area (Å²) in [6.45, 7) is 13.6. The number of likely N-dealkylation sites (N-methyl/N-ethyl adjacent to an activating group) is 1. The van der Waals surface area contributed by atoms with Gasteiger partial charge in [-0.2, -0.15) is 0 Å². The normalized spacial score (nSPS) is 20.2. The number of aromatic nitrogens is 1. The van der Waals surface area contributed by atoms with E-state index in [1.165, 1.54) is 16.8 Å². The summed E-state index contributed by atoms with van der Waals surface area (Å²) in [4.78, 5) is 26.8. The summed E-state index contributed by atoms with van der Waals surface area (Å²) in [5.41, 5.74) is 5.45. The van der Waals surface area contributed by atoms with Crippen molar-refractivity contribution >= 4 is 17.4 Å². The van der Waals surface area contributed by atoms with Crippen LogP contribution < -0.4 is 9.80 Å². The number of rotatable bonds is 3. The van der Waals surface area contributed by atoms with E-state index in [1.54, 1.807) is 0 Å². The predicted molar refractivity (Wildman–Crippen MR) is 122 cm³/mol. The van der Waals surface area contributed by atoms with Gasteiger partial charge in [-0.3, -0.25) is 9.69 Å². The molecule has 2 saturated heterocycles. The maximum Gasteiger partial charge on any atom is 0.254 e. The quantitative estimate of drug-likeness (QED) is 0.782. The Morgan fingerprint density at radius 3 is 2.37 bits per heavy atom. The number of carbonyl (C=O) groups is 1. The first-order valence-corrected chi connectivity index (χ1v) is 10.9. The number of hydrogen-bond acceptors (Lipinski definition) is 5. The maximum absolute atomic E-state index is 13.2.